The van der Waals surface area contributed by atoms with Crippen molar-refractivity contribution in [3.05, 3.63) is 18.5 Å². The molecule has 1 fully saturated rings. The molecule has 1 unspecified atom stereocenters. The Morgan fingerprint density at radius 2 is 2.09 bits per heavy atom. The highest BCUT2D eigenvalue weighted by Crippen LogP contribution is 2.09. The van der Waals surface area contributed by atoms with Crippen molar-refractivity contribution in [2.24, 2.45) is 10.9 Å². The first-order chi connectivity index (χ1) is 10.8. The van der Waals surface area contributed by atoms with Crippen LogP contribution in [0.4, 0.5) is 0 Å². The second-order valence-electron chi connectivity index (χ2n) is 6.12. The summed E-state index contributed by atoms with van der Waals surface area (Å²) in [7, 11) is 1.83. The lowest BCUT2D eigenvalue weighted by atomic mass is 10.1. The zero-order chi connectivity index (χ0) is 15.6. The predicted molar refractivity (Wildman–Crippen MR) is 106 cm³/mol. The molecule has 2 heterocycles. The molecule has 0 aliphatic carbocycles. The summed E-state index contributed by atoms with van der Waals surface area (Å²) < 4.78 is 1.95. The number of hydrogen-bond donors (Lipinski definition) is 2. The van der Waals surface area contributed by atoms with Gasteiger partial charge in [0.25, 0.3) is 0 Å². The summed E-state index contributed by atoms with van der Waals surface area (Å²) in [5, 5.41) is 11.0. The van der Waals surface area contributed by atoms with Gasteiger partial charge in [0.1, 0.15) is 0 Å². The third-order valence-corrected chi connectivity index (χ3v) is 4.03. The van der Waals surface area contributed by atoms with Gasteiger partial charge in [-0.15, -0.1) is 24.0 Å². The Labute approximate surface area is 157 Å². The topological polar surface area (TPSA) is 57.5 Å². The first kappa shape index (κ1) is 20.2. The minimum atomic E-state index is 0. The molecule has 23 heavy (non-hydrogen) atoms. The van der Waals surface area contributed by atoms with Crippen LogP contribution >= 0.6 is 24.0 Å². The van der Waals surface area contributed by atoms with Crippen molar-refractivity contribution in [3.63, 3.8) is 0 Å². The number of halogens is 1. The molecule has 1 aliphatic heterocycles. The number of aliphatic imine (C=N–C) groups is 1. The Balaban J connectivity index is 0.00000264. The fraction of sp³-hybridized carbons (Fsp3) is 0.750. The highest BCUT2D eigenvalue weighted by atomic mass is 127. The molecule has 1 aromatic heterocycles. The molecule has 0 bridgehead atoms. The summed E-state index contributed by atoms with van der Waals surface area (Å²) >= 11 is 0. The molecule has 1 aromatic rings. The quantitative estimate of drug-likeness (QED) is 0.284. The number of guanidine groups is 1. The van der Waals surface area contributed by atoms with E-state index in [9.17, 15) is 0 Å². The van der Waals surface area contributed by atoms with Gasteiger partial charge in [0.05, 0.1) is 0 Å². The molecule has 1 atom stereocenters. The summed E-state index contributed by atoms with van der Waals surface area (Å²) in [4.78, 5) is 6.85. The molecule has 0 aromatic carbocycles. The number of hydrogen-bond acceptors (Lipinski definition) is 3. The molecule has 0 amide bonds. The minimum Gasteiger partial charge on any atom is -0.356 e. The van der Waals surface area contributed by atoms with E-state index in [4.69, 9.17) is 0 Å². The highest BCUT2D eigenvalue weighted by Gasteiger charge is 2.14. The Morgan fingerprint density at radius 1 is 1.30 bits per heavy atom. The van der Waals surface area contributed by atoms with E-state index in [1.165, 1.54) is 32.5 Å². The van der Waals surface area contributed by atoms with Crippen LogP contribution in [0.1, 0.15) is 26.2 Å². The molecule has 0 saturated carbocycles. The van der Waals surface area contributed by atoms with Crippen molar-refractivity contribution in [2.75, 3.05) is 39.8 Å². The van der Waals surface area contributed by atoms with Gasteiger partial charge < -0.3 is 15.5 Å². The first-order valence-electron chi connectivity index (χ1n) is 8.42. The van der Waals surface area contributed by atoms with Crippen LogP contribution < -0.4 is 10.6 Å². The molecular weight excluding hydrogens is 403 g/mol. The highest BCUT2D eigenvalue weighted by molar-refractivity contribution is 14.0. The van der Waals surface area contributed by atoms with E-state index in [-0.39, 0.29) is 24.0 Å². The van der Waals surface area contributed by atoms with E-state index in [1.54, 1.807) is 0 Å². The monoisotopic (exact) mass is 434 g/mol. The molecule has 7 heteroatoms. The van der Waals surface area contributed by atoms with Crippen LogP contribution in [-0.2, 0) is 6.54 Å². The van der Waals surface area contributed by atoms with Crippen LogP contribution in [0.25, 0.3) is 0 Å². The molecule has 2 N–H and O–H groups in total. The lowest BCUT2D eigenvalue weighted by Gasteiger charge is -2.21. The molecule has 0 radical (unpaired) electrons. The van der Waals surface area contributed by atoms with E-state index >= 15 is 0 Å². The van der Waals surface area contributed by atoms with E-state index in [2.05, 4.69) is 32.5 Å². The van der Waals surface area contributed by atoms with Crippen molar-refractivity contribution in [3.8, 4) is 0 Å². The van der Waals surface area contributed by atoms with Gasteiger partial charge in [-0.05, 0) is 44.3 Å². The smallest absolute Gasteiger partial charge is 0.190 e. The van der Waals surface area contributed by atoms with Gasteiger partial charge in [-0.25, -0.2) is 0 Å². The fourth-order valence-electron chi connectivity index (χ4n) is 2.84. The molecule has 2 rings (SSSR count). The average Bonchev–Trinajstić information content (AvgIpc) is 3.20. The second kappa shape index (κ2) is 11.7. The summed E-state index contributed by atoms with van der Waals surface area (Å²) in [5.41, 5.74) is 0. The molecular formula is C16H31IN6. The van der Waals surface area contributed by atoms with E-state index < -0.39 is 0 Å². The van der Waals surface area contributed by atoms with Gasteiger partial charge in [0.2, 0.25) is 0 Å². The number of likely N-dealkylation sites (tertiary alicyclic amines) is 1. The van der Waals surface area contributed by atoms with Crippen LogP contribution in [0.5, 0.6) is 0 Å². The van der Waals surface area contributed by atoms with Gasteiger partial charge in [0.15, 0.2) is 5.96 Å². The lowest BCUT2D eigenvalue weighted by molar-refractivity contribution is 0.287. The number of nitrogens with one attached hydrogen (secondary N) is 2. The van der Waals surface area contributed by atoms with Crippen molar-refractivity contribution in [1.82, 2.24) is 25.3 Å². The van der Waals surface area contributed by atoms with Crippen LogP contribution in [0, 0.1) is 5.92 Å². The third kappa shape index (κ3) is 8.01. The van der Waals surface area contributed by atoms with Gasteiger partial charge in [-0.3, -0.25) is 9.67 Å². The van der Waals surface area contributed by atoms with Gasteiger partial charge in [-0.2, -0.15) is 5.10 Å². The molecule has 1 saturated heterocycles. The molecule has 0 spiro atoms. The summed E-state index contributed by atoms with van der Waals surface area (Å²) in [5.74, 6) is 1.54. The minimum absolute atomic E-state index is 0. The maximum absolute atomic E-state index is 4.28. The largest absolute Gasteiger partial charge is 0.356 e. The normalized spacial score (nSPS) is 16.9. The molecule has 132 valence electrons. The SMILES string of the molecule is CN=C(NCCCn1cccn1)NCC(C)CN1CCCC1.I. The second-order valence-corrected chi connectivity index (χ2v) is 6.12. The average molecular weight is 434 g/mol. The summed E-state index contributed by atoms with van der Waals surface area (Å²) in [6.45, 7) is 8.83. The number of aryl methyl sites for hydroxylation is 1. The Bertz CT molecular complexity index is 428. The van der Waals surface area contributed by atoms with E-state index in [1.807, 2.05) is 30.2 Å². The van der Waals surface area contributed by atoms with Gasteiger partial charge >= 0.3 is 0 Å². The fourth-order valence-corrected chi connectivity index (χ4v) is 2.84. The van der Waals surface area contributed by atoms with Crippen LogP contribution in [0.2, 0.25) is 0 Å². The number of nitrogens with zero attached hydrogens (tertiary/aromatic N) is 4. The van der Waals surface area contributed by atoms with Crippen molar-refractivity contribution >= 4 is 29.9 Å². The number of rotatable bonds is 8. The van der Waals surface area contributed by atoms with Gasteiger partial charge in [-0.1, -0.05) is 6.92 Å². The summed E-state index contributed by atoms with van der Waals surface area (Å²) in [6, 6.07) is 1.95. The predicted octanol–water partition coefficient (Wildman–Crippen LogP) is 1.79. The van der Waals surface area contributed by atoms with E-state index in [0.29, 0.717) is 5.92 Å². The van der Waals surface area contributed by atoms with Crippen LogP contribution in [-0.4, -0.2) is 60.4 Å². The number of aromatic nitrogens is 2. The van der Waals surface area contributed by atoms with Crippen LogP contribution in [0.15, 0.2) is 23.5 Å². The zero-order valence-corrected chi connectivity index (χ0v) is 16.7. The maximum Gasteiger partial charge on any atom is 0.190 e. The Morgan fingerprint density at radius 3 is 2.74 bits per heavy atom. The zero-order valence-electron chi connectivity index (χ0n) is 14.4. The maximum atomic E-state index is 4.28. The van der Waals surface area contributed by atoms with E-state index in [0.717, 1.165) is 32.0 Å². The molecule has 1 aliphatic rings. The Kier molecular flexibility index (Phi) is 10.3. The van der Waals surface area contributed by atoms with Crippen molar-refractivity contribution in [2.45, 2.75) is 32.7 Å². The first-order valence-corrected chi connectivity index (χ1v) is 8.42. The lowest BCUT2D eigenvalue weighted by Crippen LogP contribution is -2.41. The van der Waals surface area contributed by atoms with Crippen LogP contribution in [0.3, 0.4) is 0 Å². The van der Waals surface area contributed by atoms with Gasteiger partial charge in [0, 0.05) is 45.6 Å². The third-order valence-electron chi connectivity index (χ3n) is 4.03. The Hall–Kier alpha value is -0.830. The van der Waals surface area contributed by atoms with Crippen molar-refractivity contribution in [1.29, 1.82) is 0 Å². The van der Waals surface area contributed by atoms with Crippen molar-refractivity contribution < 1.29 is 0 Å². The summed E-state index contributed by atoms with van der Waals surface area (Å²) in [6.07, 6.45) is 7.56. The standard InChI is InChI=1S/C16H30N6.HI/c1-15(14-21-9-3-4-10-21)13-19-16(17-2)18-7-5-11-22-12-6-8-20-22;/h6,8,12,15H,3-5,7,9-11,13-14H2,1-2H3,(H2,17,18,19);1H. The molecule has 6 nitrogen and oxygen atoms in total.